The Hall–Kier alpha value is -1.81. The maximum absolute atomic E-state index is 11.2. The molecule has 0 fully saturated rings. The molecule has 0 aromatic heterocycles. The van der Waals surface area contributed by atoms with Crippen molar-refractivity contribution in [2.24, 2.45) is 0 Å². The molecule has 0 unspecified atom stereocenters. The Morgan fingerprint density at radius 2 is 2.16 bits per heavy atom. The second-order valence-corrected chi connectivity index (χ2v) is 4.29. The number of methoxy groups -OCH3 is 2. The zero-order chi connectivity index (χ0) is 14.3. The van der Waals surface area contributed by atoms with E-state index in [4.69, 9.17) is 4.74 Å². The van der Waals surface area contributed by atoms with Gasteiger partial charge in [0.2, 0.25) is 0 Å². The molecule has 0 saturated carbocycles. The Morgan fingerprint density at radius 1 is 1.42 bits per heavy atom. The summed E-state index contributed by atoms with van der Waals surface area (Å²) in [5.74, 6) is 0.545. The van der Waals surface area contributed by atoms with Crippen molar-refractivity contribution in [3.05, 3.63) is 41.5 Å². The average molecular weight is 263 g/mol. The second-order valence-electron chi connectivity index (χ2n) is 4.29. The van der Waals surface area contributed by atoms with Crippen LogP contribution in [0.5, 0.6) is 5.75 Å². The topological polar surface area (TPSA) is 47.6 Å². The number of rotatable bonds is 6. The molecule has 4 heteroatoms. The third-order valence-electron chi connectivity index (χ3n) is 2.93. The lowest BCUT2D eigenvalue weighted by molar-refractivity contribution is -0.136. The van der Waals surface area contributed by atoms with Gasteiger partial charge in [0.25, 0.3) is 0 Å². The summed E-state index contributed by atoms with van der Waals surface area (Å²) in [6.45, 7) is 4.42. The Balaban J connectivity index is 2.55. The van der Waals surface area contributed by atoms with E-state index >= 15 is 0 Å². The van der Waals surface area contributed by atoms with Gasteiger partial charge in [-0.1, -0.05) is 18.2 Å². The second kappa shape index (κ2) is 7.59. The van der Waals surface area contributed by atoms with Gasteiger partial charge in [0.05, 0.1) is 14.2 Å². The van der Waals surface area contributed by atoms with Crippen molar-refractivity contribution in [3.8, 4) is 5.75 Å². The summed E-state index contributed by atoms with van der Waals surface area (Å²) in [5, 5.41) is 3.32. The van der Waals surface area contributed by atoms with Crippen LogP contribution in [0.4, 0.5) is 0 Å². The largest absolute Gasteiger partial charge is 0.497 e. The Labute approximate surface area is 114 Å². The number of carbonyl (C=O) groups is 1. The number of ether oxygens (including phenoxy) is 2. The van der Waals surface area contributed by atoms with Crippen molar-refractivity contribution in [1.29, 1.82) is 0 Å². The van der Waals surface area contributed by atoms with Crippen LogP contribution in [0.3, 0.4) is 0 Å². The molecule has 1 rings (SSSR count). The highest BCUT2D eigenvalue weighted by atomic mass is 16.5. The molecule has 0 aliphatic carbocycles. The fourth-order valence-electron chi connectivity index (χ4n) is 1.66. The summed E-state index contributed by atoms with van der Waals surface area (Å²) >= 11 is 0. The van der Waals surface area contributed by atoms with Gasteiger partial charge >= 0.3 is 5.97 Å². The highest BCUT2D eigenvalue weighted by Crippen LogP contribution is 2.18. The number of benzene rings is 1. The lowest BCUT2D eigenvalue weighted by Crippen LogP contribution is -2.19. The molecule has 0 aliphatic rings. The minimum absolute atomic E-state index is 0.178. The monoisotopic (exact) mass is 263 g/mol. The lowest BCUT2D eigenvalue weighted by Gasteiger charge is -2.14. The van der Waals surface area contributed by atoms with Crippen LogP contribution < -0.4 is 10.1 Å². The van der Waals surface area contributed by atoms with E-state index in [1.165, 1.54) is 7.11 Å². The van der Waals surface area contributed by atoms with Crippen LogP contribution in [0.1, 0.15) is 25.5 Å². The number of esters is 1. The van der Waals surface area contributed by atoms with E-state index < -0.39 is 0 Å². The van der Waals surface area contributed by atoms with E-state index in [0.29, 0.717) is 12.1 Å². The first-order valence-electron chi connectivity index (χ1n) is 6.21. The first-order valence-corrected chi connectivity index (χ1v) is 6.21. The Bertz CT molecular complexity index is 454. The van der Waals surface area contributed by atoms with Crippen molar-refractivity contribution in [2.45, 2.75) is 19.9 Å². The van der Waals surface area contributed by atoms with Crippen LogP contribution in [0, 0.1) is 0 Å². The Morgan fingerprint density at radius 3 is 2.79 bits per heavy atom. The van der Waals surface area contributed by atoms with E-state index in [9.17, 15) is 4.79 Å². The van der Waals surface area contributed by atoms with E-state index in [0.717, 1.165) is 11.3 Å². The summed E-state index contributed by atoms with van der Waals surface area (Å²) in [7, 11) is 3.03. The maximum Gasteiger partial charge on any atom is 0.333 e. The van der Waals surface area contributed by atoms with Gasteiger partial charge in [-0.3, -0.25) is 0 Å². The molecule has 0 amide bonds. The van der Waals surface area contributed by atoms with E-state index in [1.54, 1.807) is 14.0 Å². The minimum atomic E-state index is -0.296. The minimum Gasteiger partial charge on any atom is -0.497 e. The molecule has 0 spiro atoms. The summed E-state index contributed by atoms with van der Waals surface area (Å²) < 4.78 is 9.83. The van der Waals surface area contributed by atoms with Gasteiger partial charge in [0.1, 0.15) is 5.75 Å². The molecule has 0 bridgehead atoms. The normalized spacial score (nSPS) is 12.9. The molecule has 0 aliphatic heterocycles. The third-order valence-corrected chi connectivity index (χ3v) is 2.93. The predicted molar refractivity (Wildman–Crippen MR) is 75.2 cm³/mol. The van der Waals surface area contributed by atoms with Crippen molar-refractivity contribution in [3.63, 3.8) is 0 Å². The summed E-state index contributed by atoms with van der Waals surface area (Å²) in [6.07, 6.45) is 1.82. The van der Waals surface area contributed by atoms with Gasteiger partial charge < -0.3 is 14.8 Å². The SMILES string of the molecule is COC(=O)/C(C)=C/CN[C@@H](C)c1cccc(OC)c1. The van der Waals surface area contributed by atoms with Crippen molar-refractivity contribution >= 4 is 5.97 Å². The van der Waals surface area contributed by atoms with Gasteiger partial charge in [-0.05, 0) is 31.5 Å². The first-order chi connectivity index (χ1) is 9.08. The summed E-state index contributed by atoms with van der Waals surface area (Å²) in [6, 6.07) is 8.09. The average Bonchev–Trinajstić information content (AvgIpc) is 2.46. The first kappa shape index (κ1) is 15.2. The van der Waals surface area contributed by atoms with E-state index in [-0.39, 0.29) is 12.0 Å². The molecule has 0 heterocycles. The van der Waals surface area contributed by atoms with E-state index in [1.807, 2.05) is 30.3 Å². The molecule has 1 aromatic rings. The fraction of sp³-hybridized carbons (Fsp3) is 0.400. The van der Waals surface area contributed by atoms with Crippen molar-refractivity contribution in [1.82, 2.24) is 5.32 Å². The fourth-order valence-corrected chi connectivity index (χ4v) is 1.66. The molecule has 0 radical (unpaired) electrons. The van der Waals surface area contributed by atoms with Crippen LogP contribution in [-0.4, -0.2) is 26.7 Å². The van der Waals surface area contributed by atoms with Crippen LogP contribution in [-0.2, 0) is 9.53 Å². The number of carbonyl (C=O) groups excluding carboxylic acids is 1. The van der Waals surface area contributed by atoms with Crippen LogP contribution in [0.15, 0.2) is 35.9 Å². The number of hydrogen-bond donors (Lipinski definition) is 1. The molecule has 1 N–H and O–H groups in total. The third kappa shape index (κ3) is 4.75. The lowest BCUT2D eigenvalue weighted by atomic mass is 10.1. The summed E-state index contributed by atoms with van der Waals surface area (Å²) in [5.41, 5.74) is 1.75. The van der Waals surface area contributed by atoms with Crippen LogP contribution in [0.25, 0.3) is 0 Å². The number of nitrogens with one attached hydrogen (secondary N) is 1. The standard InChI is InChI=1S/C15H21NO3/c1-11(15(17)19-4)8-9-16-12(2)13-6-5-7-14(10-13)18-3/h5-8,10,12,16H,9H2,1-4H3/b11-8+/t12-/m0/s1. The van der Waals surface area contributed by atoms with Crippen molar-refractivity contribution in [2.75, 3.05) is 20.8 Å². The smallest absolute Gasteiger partial charge is 0.333 e. The van der Waals surface area contributed by atoms with Gasteiger partial charge in [0.15, 0.2) is 0 Å². The van der Waals surface area contributed by atoms with Gasteiger partial charge in [-0.25, -0.2) is 4.79 Å². The highest BCUT2D eigenvalue weighted by molar-refractivity contribution is 5.87. The quantitative estimate of drug-likeness (QED) is 0.632. The molecule has 0 saturated heterocycles. The van der Waals surface area contributed by atoms with Gasteiger partial charge in [-0.15, -0.1) is 0 Å². The van der Waals surface area contributed by atoms with Crippen LogP contribution >= 0.6 is 0 Å². The Kier molecular flexibility index (Phi) is 6.09. The summed E-state index contributed by atoms with van der Waals surface area (Å²) in [4.78, 5) is 11.2. The maximum atomic E-state index is 11.2. The molecule has 1 aromatic carbocycles. The number of hydrogen-bond acceptors (Lipinski definition) is 4. The zero-order valence-electron chi connectivity index (χ0n) is 11.9. The van der Waals surface area contributed by atoms with Gasteiger partial charge in [-0.2, -0.15) is 0 Å². The zero-order valence-corrected chi connectivity index (χ0v) is 11.9. The van der Waals surface area contributed by atoms with Crippen molar-refractivity contribution < 1.29 is 14.3 Å². The molecule has 19 heavy (non-hydrogen) atoms. The highest BCUT2D eigenvalue weighted by Gasteiger charge is 2.06. The molecular weight excluding hydrogens is 242 g/mol. The van der Waals surface area contributed by atoms with Gasteiger partial charge in [0, 0.05) is 18.2 Å². The molecule has 104 valence electrons. The van der Waals surface area contributed by atoms with E-state index in [2.05, 4.69) is 17.0 Å². The molecule has 1 atom stereocenters. The molecule has 4 nitrogen and oxygen atoms in total. The predicted octanol–water partition coefficient (Wildman–Crippen LogP) is 2.47. The molecular formula is C15H21NO3. The van der Waals surface area contributed by atoms with Crippen LogP contribution in [0.2, 0.25) is 0 Å².